The van der Waals surface area contributed by atoms with Crippen molar-refractivity contribution in [1.29, 1.82) is 0 Å². The first-order valence-electron chi connectivity index (χ1n) is 11.7. The van der Waals surface area contributed by atoms with Gasteiger partial charge in [-0.15, -0.1) is 0 Å². The van der Waals surface area contributed by atoms with Gasteiger partial charge in [-0.25, -0.2) is 9.18 Å². The average Bonchev–Trinajstić information content (AvgIpc) is 2.86. The standard InChI is InChI=1S/C28H28FN3O3/c1-20-13-15-21(16-14-20)18-30-26(33)12-6-7-17-31-27(34)23-9-3-5-11-25(23)32(28(31)35)19-22-8-2-4-10-24(22)29/h2-5,8-11,13-16H,6-7,12,17-19H2,1H3,(H,30,33). The Bertz CT molecular complexity index is 1460. The highest BCUT2D eigenvalue weighted by Crippen LogP contribution is 2.13. The van der Waals surface area contributed by atoms with Gasteiger partial charge in [0.25, 0.3) is 5.56 Å². The molecule has 3 aromatic carbocycles. The maximum absolute atomic E-state index is 14.3. The van der Waals surface area contributed by atoms with Crippen molar-refractivity contribution in [3.8, 4) is 0 Å². The van der Waals surface area contributed by atoms with Crippen molar-refractivity contribution >= 4 is 16.8 Å². The van der Waals surface area contributed by atoms with Gasteiger partial charge in [0, 0.05) is 25.1 Å². The summed E-state index contributed by atoms with van der Waals surface area (Å²) in [5.41, 5.74) is 2.17. The summed E-state index contributed by atoms with van der Waals surface area (Å²) >= 11 is 0. The summed E-state index contributed by atoms with van der Waals surface area (Å²) in [6, 6.07) is 21.1. The predicted octanol–water partition coefficient (Wildman–Crippen LogP) is 4.15. The fourth-order valence-corrected chi connectivity index (χ4v) is 4.07. The van der Waals surface area contributed by atoms with Crippen LogP contribution in [0.1, 0.15) is 36.0 Å². The fraction of sp³-hybridized carbons (Fsp3) is 0.250. The predicted molar refractivity (Wildman–Crippen MR) is 135 cm³/mol. The smallest absolute Gasteiger partial charge is 0.331 e. The van der Waals surface area contributed by atoms with Gasteiger partial charge in [0.05, 0.1) is 17.4 Å². The van der Waals surface area contributed by atoms with E-state index in [4.69, 9.17) is 0 Å². The number of hydrogen-bond acceptors (Lipinski definition) is 3. The van der Waals surface area contributed by atoms with E-state index >= 15 is 0 Å². The van der Waals surface area contributed by atoms with Crippen LogP contribution in [0.2, 0.25) is 0 Å². The van der Waals surface area contributed by atoms with Crippen LogP contribution < -0.4 is 16.6 Å². The Morgan fingerprint density at radius 1 is 0.886 bits per heavy atom. The molecule has 7 heteroatoms. The molecular formula is C28H28FN3O3. The normalized spacial score (nSPS) is 11.0. The van der Waals surface area contributed by atoms with E-state index in [0.29, 0.717) is 42.3 Å². The van der Waals surface area contributed by atoms with Gasteiger partial charge in [0.15, 0.2) is 0 Å². The van der Waals surface area contributed by atoms with Gasteiger partial charge in [-0.3, -0.25) is 18.7 Å². The van der Waals surface area contributed by atoms with E-state index in [1.807, 2.05) is 31.2 Å². The van der Waals surface area contributed by atoms with E-state index in [1.165, 1.54) is 15.2 Å². The molecular weight excluding hydrogens is 445 g/mol. The zero-order valence-electron chi connectivity index (χ0n) is 19.7. The van der Waals surface area contributed by atoms with Crippen LogP contribution in [-0.4, -0.2) is 15.0 Å². The molecule has 0 saturated heterocycles. The highest BCUT2D eigenvalue weighted by Gasteiger charge is 2.14. The number of nitrogens with zero attached hydrogens (tertiary/aromatic N) is 2. The molecule has 1 aromatic heterocycles. The summed E-state index contributed by atoms with van der Waals surface area (Å²) < 4.78 is 16.9. The Balaban J connectivity index is 1.45. The van der Waals surface area contributed by atoms with Crippen LogP contribution >= 0.6 is 0 Å². The average molecular weight is 474 g/mol. The molecule has 0 aliphatic rings. The molecule has 0 saturated carbocycles. The van der Waals surface area contributed by atoms with Crippen LogP contribution in [0, 0.1) is 12.7 Å². The van der Waals surface area contributed by atoms with Gasteiger partial charge in [0.1, 0.15) is 5.82 Å². The van der Waals surface area contributed by atoms with Crippen molar-refractivity contribution in [1.82, 2.24) is 14.5 Å². The minimum absolute atomic E-state index is 0.0215. The van der Waals surface area contributed by atoms with E-state index in [0.717, 1.165) is 11.1 Å². The number of nitrogens with one attached hydrogen (secondary N) is 1. The molecule has 0 radical (unpaired) electrons. The summed E-state index contributed by atoms with van der Waals surface area (Å²) in [6.07, 6.45) is 1.33. The second-order valence-electron chi connectivity index (χ2n) is 8.65. The van der Waals surface area contributed by atoms with E-state index in [-0.39, 0.29) is 24.6 Å². The Kier molecular flexibility index (Phi) is 7.55. The molecule has 6 nitrogen and oxygen atoms in total. The lowest BCUT2D eigenvalue weighted by molar-refractivity contribution is -0.121. The Morgan fingerprint density at radius 3 is 2.37 bits per heavy atom. The molecule has 180 valence electrons. The number of rotatable bonds is 9. The lowest BCUT2D eigenvalue weighted by Gasteiger charge is -2.14. The Hall–Kier alpha value is -4.00. The first kappa shape index (κ1) is 24.1. The van der Waals surface area contributed by atoms with Crippen molar-refractivity contribution < 1.29 is 9.18 Å². The molecule has 1 heterocycles. The number of carbonyl (C=O) groups excluding carboxylic acids is 1. The topological polar surface area (TPSA) is 73.1 Å². The second kappa shape index (κ2) is 11.0. The van der Waals surface area contributed by atoms with Crippen LogP contribution in [0.5, 0.6) is 0 Å². The third-order valence-corrected chi connectivity index (χ3v) is 6.06. The molecule has 0 aliphatic heterocycles. The van der Waals surface area contributed by atoms with Gasteiger partial charge in [0.2, 0.25) is 5.91 Å². The van der Waals surface area contributed by atoms with Crippen LogP contribution in [0.4, 0.5) is 4.39 Å². The summed E-state index contributed by atoms with van der Waals surface area (Å²) in [6.45, 7) is 2.68. The molecule has 0 fully saturated rings. The number of amides is 1. The largest absolute Gasteiger partial charge is 0.352 e. The number of aryl methyl sites for hydroxylation is 1. The molecule has 35 heavy (non-hydrogen) atoms. The van der Waals surface area contributed by atoms with Crippen LogP contribution in [0.3, 0.4) is 0 Å². The quantitative estimate of drug-likeness (QED) is 0.371. The van der Waals surface area contributed by atoms with Gasteiger partial charge in [-0.1, -0.05) is 60.2 Å². The number of halogens is 1. The molecule has 0 atom stereocenters. The maximum Gasteiger partial charge on any atom is 0.331 e. The van der Waals surface area contributed by atoms with Gasteiger partial charge >= 0.3 is 5.69 Å². The van der Waals surface area contributed by atoms with Crippen molar-refractivity contribution in [2.24, 2.45) is 0 Å². The molecule has 0 aliphatic carbocycles. The minimum atomic E-state index is -0.485. The Morgan fingerprint density at radius 2 is 1.60 bits per heavy atom. The summed E-state index contributed by atoms with van der Waals surface area (Å²) in [5, 5.41) is 3.30. The first-order chi connectivity index (χ1) is 16.9. The number of unbranched alkanes of at least 4 members (excludes halogenated alkanes) is 1. The third-order valence-electron chi connectivity index (χ3n) is 6.06. The number of aromatic nitrogens is 2. The van der Waals surface area contributed by atoms with Gasteiger partial charge < -0.3 is 5.32 Å². The first-order valence-corrected chi connectivity index (χ1v) is 11.7. The monoisotopic (exact) mass is 473 g/mol. The summed E-state index contributed by atoms with van der Waals surface area (Å²) in [5.74, 6) is -0.480. The fourth-order valence-electron chi connectivity index (χ4n) is 4.07. The Labute approximate surface area is 202 Å². The van der Waals surface area contributed by atoms with Crippen LogP contribution in [-0.2, 0) is 24.4 Å². The number of hydrogen-bond donors (Lipinski definition) is 1. The molecule has 0 unspecified atom stereocenters. The van der Waals surface area contributed by atoms with E-state index in [9.17, 15) is 18.8 Å². The molecule has 0 spiro atoms. The lowest BCUT2D eigenvalue weighted by atomic mass is 10.1. The second-order valence-corrected chi connectivity index (χ2v) is 8.65. The van der Waals surface area contributed by atoms with Crippen molar-refractivity contribution in [3.63, 3.8) is 0 Å². The number of para-hydroxylation sites is 1. The molecule has 4 aromatic rings. The number of carbonyl (C=O) groups is 1. The number of benzene rings is 3. The maximum atomic E-state index is 14.3. The van der Waals surface area contributed by atoms with Gasteiger partial charge in [-0.2, -0.15) is 0 Å². The highest BCUT2D eigenvalue weighted by molar-refractivity contribution is 5.78. The van der Waals surface area contributed by atoms with Crippen LogP contribution in [0.25, 0.3) is 10.9 Å². The minimum Gasteiger partial charge on any atom is -0.352 e. The molecule has 0 bridgehead atoms. The zero-order valence-corrected chi connectivity index (χ0v) is 19.7. The lowest BCUT2D eigenvalue weighted by Crippen LogP contribution is -2.40. The van der Waals surface area contributed by atoms with E-state index in [2.05, 4.69) is 5.32 Å². The summed E-state index contributed by atoms with van der Waals surface area (Å²) in [7, 11) is 0. The van der Waals surface area contributed by atoms with Crippen molar-refractivity contribution in [2.75, 3.05) is 0 Å². The highest BCUT2D eigenvalue weighted by atomic mass is 19.1. The summed E-state index contributed by atoms with van der Waals surface area (Å²) in [4.78, 5) is 38.5. The van der Waals surface area contributed by atoms with E-state index in [1.54, 1.807) is 42.5 Å². The zero-order chi connectivity index (χ0) is 24.8. The SMILES string of the molecule is Cc1ccc(CNC(=O)CCCCn2c(=O)c3ccccc3n(Cc3ccccc3F)c2=O)cc1. The van der Waals surface area contributed by atoms with Crippen molar-refractivity contribution in [3.05, 3.63) is 116 Å². The molecule has 4 rings (SSSR count). The van der Waals surface area contributed by atoms with Crippen molar-refractivity contribution in [2.45, 2.75) is 45.8 Å². The van der Waals surface area contributed by atoms with Gasteiger partial charge in [-0.05, 0) is 43.5 Å². The van der Waals surface area contributed by atoms with Crippen LogP contribution in [0.15, 0.2) is 82.4 Å². The van der Waals surface area contributed by atoms with E-state index < -0.39 is 11.5 Å². The number of fused-ring (bicyclic) bond motifs is 1. The molecule has 1 N–H and O–H groups in total. The third kappa shape index (κ3) is 5.74. The molecule has 1 amide bonds.